The standard InChI is InChI=1S/C35H49N3O5/c1-6-9-11-17-34(40)38(4)31(14-7-2)35(41)37-30(21-25-15-12-10-13-16-25)32(39)24-36-29-23-33(43-20-8-3)27-19-18-26(42-5)22-28(27)29/h7-8,10,12-13,15-16,18-19,22,29-33,36,39H,2-3,6,9,11,14,17,20-21,23-24H2,1,4-5H3,(H,37,41)/t29-,30-,31?,32+,33+/m0/s1. The lowest BCUT2D eigenvalue weighted by atomic mass is 9.99. The molecule has 0 aliphatic heterocycles. The van der Waals surface area contributed by atoms with Gasteiger partial charge in [0.15, 0.2) is 0 Å². The van der Waals surface area contributed by atoms with Gasteiger partial charge in [-0.1, -0.05) is 68.3 Å². The SMILES string of the molecule is C=CCO[C@@H]1C[C@H](NC[C@@H](O)[C@H](Cc2ccccc2)NC(=O)C(CC=C)N(C)C(=O)CCCCC)c2cc(OC)ccc21. The van der Waals surface area contributed by atoms with Crippen molar-refractivity contribution in [1.29, 1.82) is 0 Å². The van der Waals surface area contributed by atoms with Gasteiger partial charge in [-0.25, -0.2) is 0 Å². The predicted octanol–water partition coefficient (Wildman–Crippen LogP) is 5.05. The van der Waals surface area contributed by atoms with Crippen molar-refractivity contribution in [2.45, 2.75) is 82.2 Å². The third-order valence-electron chi connectivity index (χ3n) is 8.09. The molecule has 5 atom stereocenters. The van der Waals surface area contributed by atoms with Crippen LogP contribution < -0.4 is 15.4 Å². The highest BCUT2D eigenvalue weighted by molar-refractivity contribution is 5.88. The van der Waals surface area contributed by atoms with Gasteiger partial charge in [0.05, 0.1) is 32.0 Å². The minimum absolute atomic E-state index is 0.0666. The number of hydrogen-bond donors (Lipinski definition) is 3. The zero-order valence-corrected chi connectivity index (χ0v) is 26.0. The second kappa shape index (κ2) is 17.6. The number of benzene rings is 2. The summed E-state index contributed by atoms with van der Waals surface area (Å²) < 4.78 is 11.5. The van der Waals surface area contributed by atoms with E-state index in [0.29, 0.717) is 32.3 Å². The van der Waals surface area contributed by atoms with Gasteiger partial charge < -0.3 is 30.1 Å². The molecule has 0 heterocycles. The molecule has 0 aromatic heterocycles. The number of unbranched alkanes of at least 4 members (excludes halogenated alkanes) is 2. The highest BCUT2D eigenvalue weighted by Gasteiger charge is 2.34. The Morgan fingerprint density at radius 2 is 1.88 bits per heavy atom. The van der Waals surface area contributed by atoms with E-state index < -0.39 is 18.2 Å². The van der Waals surface area contributed by atoms with Gasteiger partial charge in [-0.05, 0) is 54.5 Å². The van der Waals surface area contributed by atoms with Gasteiger partial charge >= 0.3 is 0 Å². The normalized spacial score (nSPS) is 17.8. The molecule has 3 rings (SSSR count). The number of fused-ring (bicyclic) bond motifs is 1. The van der Waals surface area contributed by atoms with Crippen molar-refractivity contribution in [3.8, 4) is 5.75 Å². The minimum Gasteiger partial charge on any atom is -0.497 e. The lowest BCUT2D eigenvalue weighted by Gasteiger charge is -2.31. The second-order valence-corrected chi connectivity index (χ2v) is 11.2. The maximum Gasteiger partial charge on any atom is 0.243 e. The summed E-state index contributed by atoms with van der Waals surface area (Å²) in [5.41, 5.74) is 3.14. The van der Waals surface area contributed by atoms with Gasteiger partial charge in [0.25, 0.3) is 0 Å². The van der Waals surface area contributed by atoms with Crippen LogP contribution >= 0.6 is 0 Å². The highest BCUT2D eigenvalue weighted by atomic mass is 16.5. The zero-order valence-electron chi connectivity index (χ0n) is 26.0. The number of methoxy groups -OCH3 is 1. The number of nitrogens with zero attached hydrogens (tertiary/aromatic N) is 1. The van der Waals surface area contributed by atoms with Crippen LogP contribution in [0.25, 0.3) is 0 Å². The first-order valence-electron chi connectivity index (χ1n) is 15.3. The Bertz CT molecular complexity index is 1190. The molecule has 2 aromatic rings. The number of aliphatic hydroxyl groups is 1. The molecule has 0 saturated heterocycles. The van der Waals surface area contributed by atoms with Gasteiger partial charge in [-0.2, -0.15) is 0 Å². The Labute approximate surface area is 257 Å². The Balaban J connectivity index is 1.75. The average Bonchev–Trinajstić information content (AvgIpc) is 3.37. The maximum absolute atomic E-state index is 13.6. The van der Waals surface area contributed by atoms with Crippen molar-refractivity contribution in [2.24, 2.45) is 0 Å². The minimum atomic E-state index is -0.902. The Kier molecular flexibility index (Phi) is 13.9. The molecular weight excluding hydrogens is 542 g/mol. The van der Waals surface area contributed by atoms with Crippen molar-refractivity contribution in [3.63, 3.8) is 0 Å². The molecule has 234 valence electrons. The van der Waals surface area contributed by atoms with Crippen LogP contribution in [0.3, 0.4) is 0 Å². The average molecular weight is 592 g/mol. The summed E-state index contributed by atoms with van der Waals surface area (Å²) in [6.45, 7) is 10.3. The van der Waals surface area contributed by atoms with Crippen LogP contribution in [0.4, 0.5) is 0 Å². The fourth-order valence-corrected chi connectivity index (χ4v) is 5.59. The molecule has 8 nitrogen and oxygen atoms in total. The Morgan fingerprint density at radius 1 is 1.12 bits per heavy atom. The van der Waals surface area contributed by atoms with E-state index >= 15 is 0 Å². The molecule has 0 spiro atoms. The van der Waals surface area contributed by atoms with E-state index in [0.717, 1.165) is 41.7 Å². The van der Waals surface area contributed by atoms with Crippen LogP contribution in [0.5, 0.6) is 5.75 Å². The second-order valence-electron chi connectivity index (χ2n) is 11.2. The van der Waals surface area contributed by atoms with Gasteiger partial charge in [-0.15, -0.1) is 13.2 Å². The molecule has 1 aliphatic rings. The first-order chi connectivity index (χ1) is 20.8. The van der Waals surface area contributed by atoms with Crippen LogP contribution in [-0.4, -0.2) is 67.3 Å². The number of nitrogens with one attached hydrogen (secondary N) is 2. The van der Waals surface area contributed by atoms with Crippen LogP contribution in [0, 0.1) is 0 Å². The van der Waals surface area contributed by atoms with Crippen molar-refractivity contribution >= 4 is 11.8 Å². The molecule has 0 radical (unpaired) electrons. The van der Waals surface area contributed by atoms with Crippen molar-refractivity contribution in [1.82, 2.24) is 15.5 Å². The van der Waals surface area contributed by atoms with Gasteiger partial charge in [-0.3, -0.25) is 9.59 Å². The smallest absolute Gasteiger partial charge is 0.243 e. The molecular formula is C35H49N3O5. The fraction of sp³-hybridized carbons (Fsp3) is 0.486. The summed E-state index contributed by atoms with van der Waals surface area (Å²) in [5.74, 6) is 0.382. The van der Waals surface area contributed by atoms with E-state index in [4.69, 9.17) is 9.47 Å². The predicted molar refractivity (Wildman–Crippen MR) is 171 cm³/mol. The third kappa shape index (κ3) is 9.78. The number of carbonyl (C=O) groups is 2. The van der Waals surface area contributed by atoms with E-state index in [-0.39, 0.29) is 30.5 Å². The molecule has 0 saturated carbocycles. The fourth-order valence-electron chi connectivity index (χ4n) is 5.59. The first-order valence-corrected chi connectivity index (χ1v) is 15.3. The molecule has 2 amide bonds. The number of aliphatic hydroxyl groups excluding tert-OH is 1. The Hall–Kier alpha value is -3.46. The summed E-state index contributed by atoms with van der Waals surface area (Å²) in [6, 6.07) is 14.4. The largest absolute Gasteiger partial charge is 0.497 e. The number of hydrogen-bond acceptors (Lipinski definition) is 6. The summed E-state index contributed by atoms with van der Waals surface area (Å²) in [7, 11) is 3.31. The van der Waals surface area contributed by atoms with Crippen molar-refractivity contribution in [3.05, 3.63) is 90.5 Å². The van der Waals surface area contributed by atoms with E-state index in [1.807, 2.05) is 48.5 Å². The molecule has 43 heavy (non-hydrogen) atoms. The lowest BCUT2D eigenvalue weighted by Crippen LogP contribution is -2.55. The first kappa shape index (κ1) is 34.0. The van der Waals surface area contributed by atoms with Crippen molar-refractivity contribution in [2.75, 3.05) is 27.3 Å². The summed E-state index contributed by atoms with van der Waals surface area (Å²) >= 11 is 0. The monoisotopic (exact) mass is 591 g/mol. The third-order valence-corrected chi connectivity index (χ3v) is 8.09. The van der Waals surface area contributed by atoms with E-state index in [2.05, 4.69) is 30.7 Å². The van der Waals surface area contributed by atoms with Crippen LogP contribution in [0.2, 0.25) is 0 Å². The van der Waals surface area contributed by atoms with E-state index in [9.17, 15) is 14.7 Å². The topological polar surface area (TPSA) is 100 Å². The number of carbonyl (C=O) groups excluding carboxylic acids is 2. The van der Waals surface area contributed by atoms with Crippen LogP contribution in [0.15, 0.2) is 73.8 Å². The summed E-state index contributed by atoms with van der Waals surface area (Å²) in [4.78, 5) is 28.0. The number of amides is 2. The van der Waals surface area contributed by atoms with Crippen LogP contribution in [0.1, 0.15) is 74.3 Å². The van der Waals surface area contributed by atoms with Gasteiger partial charge in [0, 0.05) is 26.1 Å². The highest BCUT2D eigenvalue weighted by Crippen LogP contribution is 2.42. The molecule has 0 bridgehead atoms. The molecule has 1 aliphatic carbocycles. The summed E-state index contributed by atoms with van der Waals surface area (Å²) in [5, 5.41) is 18.1. The van der Waals surface area contributed by atoms with Gasteiger partial charge in [0.1, 0.15) is 11.8 Å². The number of rotatable bonds is 19. The molecule has 1 unspecified atom stereocenters. The van der Waals surface area contributed by atoms with Gasteiger partial charge in [0.2, 0.25) is 11.8 Å². The summed E-state index contributed by atoms with van der Waals surface area (Å²) in [6.07, 6.45) is 7.02. The Morgan fingerprint density at radius 3 is 2.56 bits per heavy atom. The quantitative estimate of drug-likeness (QED) is 0.156. The molecule has 0 fully saturated rings. The molecule has 2 aromatic carbocycles. The molecule has 8 heteroatoms. The number of ether oxygens (including phenoxy) is 2. The maximum atomic E-state index is 13.6. The van der Waals surface area contributed by atoms with E-state index in [1.54, 1.807) is 26.3 Å². The molecule has 3 N–H and O–H groups in total. The van der Waals surface area contributed by atoms with E-state index in [1.165, 1.54) is 4.90 Å². The van der Waals surface area contributed by atoms with Crippen LogP contribution in [-0.2, 0) is 20.7 Å². The van der Waals surface area contributed by atoms with Crippen molar-refractivity contribution < 1.29 is 24.2 Å². The zero-order chi connectivity index (χ0) is 31.2. The number of likely N-dealkylation sites (N-methyl/N-ethyl adjacent to an activating group) is 1. The lowest BCUT2D eigenvalue weighted by molar-refractivity contribution is -0.139.